The lowest BCUT2D eigenvalue weighted by molar-refractivity contribution is 0.0697. The Morgan fingerprint density at radius 2 is 1.84 bits per heavy atom. The number of pyridine rings is 1. The van der Waals surface area contributed by atoms with E-state index in [-0.39, 0.29) is 17.1 Å². The summed E-state index contributed by atoms with van der Waals surface area (Å²) in [5.74, 6) is -0.718. The molecule has 0 aliphatic carbocycles. The summed E-state index contributed by atoms with van der Waals surface area (Å²) in [5, 5.41) is 9.74. The fourth-order valence-electron chi connectivity index (χ4n) is 1.40. The standard InChI is InChI=1S/C12H8Cl2N2O3/c13-6-1-7(14)3-8(2-6)19-11-4-9(12(17)18)10(15)5-16-11/h1-5H,15H2,(H,17,18). The zero-order chi connectivity index (χ0) is 14.0. The first-order chi connectivity index (χ1) is 8.95. The number of anilines is 1. The van der Waals surface area contributed by atoms with Crippen LogP contribution in [0, 0.1) is 0 Å². The average molecular weight is 299 g/mol. The lowest BCUT2D eigenvalue weighted by Crippen LogP contribution is -2.03. The normalized spacial score (nSPS) is 10.2. The van der Waals surface area contributed by atoms with E-state index >= 15 is 0 Å². The van der Waals surface area contributed by atoms with Crippen LogP contribution in [0.25, 0.3) is 0 Å². The van der Waals surface area contributed by atoms with Gasteiger partial charge in [0.25, 0.3) is 0 Å². The van der Waals surface area contributed by atoms with E-state index in [1.54, 1.807) is 6.07 Å². The van der Waals surface area contributed by atoms with Crippen LogP contribution in [0.1, 0.15) is 10.4 Å². The molecule has 0 saturated heterocycles. The Kier molecular flexibility index (Phi) is 3.78. The number of hydrogen-bond acceptors (Lipinski definition) is 4. The molecule has 0 fully saturated rings. The molecule has 0 atom stereocenters. The number of nitrogens with zero attached hydrogens (tertiary/aromatic N) is 1. The Hall–Kier alpha value is -1.98. The number of nitrogen functional groups attached to an aromatic ring is 1. The molecule has 0 aliphatic heterocycles. The van der Waals surface area contributed by atoms with Crippen LogP contribution in [0.15, 0.2) is 30.5 Å². The van der Waals surface area contributed by atoms with Gasteiger partial charge in [-0.1, -0.05) is 23.2 Å². The van der Waals surface area contributed by atoms with Crippen molar-refractivity contribution < 1.29 is 14.6 Å². The van der Waals surface area contributed by atoms with Gasteiger partial charge in [-0.3, -0.25) is 0 Å². The van der Waals surface area contributed by atoms with E-state index in [1.807, 2.05) is 0 Å². The molecule has 0 bridgehead atoms. The topological polar surface area (TPSA) is 85.4 Å². The Balaban J connectivity index is 2.33. The van der Waals surface area contributed by atoms with Gasteiger partial charge in [-0.2, -0.15) is 0 Å². The molecule has 3 N–H and O–H groups in total. The van der Waals surface area contributed by atoms with Crippen LogP contribution >= 0.6 is 23.2 Å². The monoisotopic (exact) mass is 298 g/mol. The molecule has 7 heteroatoms. The SMILES string of the molecule is Nc1cnc(Oc2cc(Cl)cc(Cl)c2)cc1C(=O)O. The third-order valence-electron chi connectivity index (χ3n) is 2.20. The maximum Gasteiger partial charge on any atom is 0.338 e. The van der Waals surface area contributed by atoms with Crippen LogP contribution in [0.4, 0.5) is 5.69 Å². The first-order valence-electron chi connectivity index (χ1n) is 5.08. The van der Waals surface area contributed by atoms with E-state index in [9.17, 15) is 4.79 Å². The maximum absolute atomic E-state index is 10.9. The molecule has 2 aromatic rings. The minimum absolute atomic E-state index is 0.0592. The Morgan fingerprint density at radius 3 is 2.42 bits per heavy atom. The smallest absolute Gasteiger partial charge is 0.338 e. The molecule has 98 valence electrons. The van der Waals surface area contributed by atoms with Gasteiger partial charge in [0, 0.05) is 16.1 Å². The predicted octanol–water partition coefficient (Wildman–Crippen LogP) is 3.46. The third-order valence-corrected chi connectivity index (χ3v) is 2.64. The van der Waals surface area contributed by atoms with Gasteiger partial charge < -0.3 is 15.6 Å². The van der Waals surface area contributed by atoms with Crippen molar-refractivity contribution in [1.82, 2.24) is 4.98 Å². The molecule has 2 rings (SSSR count). The summed E-state index contributed by atoms with van der Waals surface area (Å²) in [6.07, 6.45) is 1.21. The Labute approximate surface area is 118 Å². The predicted molar refractivity (Wildman–Crippen MR) is 72.1 cm³/mol. The number of benzene rings is 1. The summed E-state index contributed by atoms with van der Waals surface area (Å²) in [5.41, 5.74) is 5.47. The van der Waals surface area contributed by atoms with Crippen LogP contribution in [0.5, 0.6) is 11.6 Å². The van der Waals surface area contributed by atoms with Gasteiger partial charge in [-0.25, -0.2) is 9.78 Å². The van der Waals surface area contributed by atoms with Crippen LogP contribution in [0.3, 0.4) is 0 Å². The van der Waals surface area contributed by atoms with Gasteiger partial charge in [-0.15, -0.1) is 0 Å². The van der Waals surface area contributed by atoms with Gasteiger partial charge in [0.2, 0.25) is 5.88 Å². The number of aromatic nitrogens is 1. The quantitative estimate of drug-likeness (QED) is 0.906. The van der Waals surface area contributed by atoms with Crippen molar-refractivity contribution in [2.45, 2.75) is 0 Å². The van der Waals surface area contributed by atoms with Gasteiger partial charge in [-0.05, 0) is 18.2 Å². The lowest BCUT2D eigenvalue weighted by Gasteiger charge is -2.07. The number of carboxylic acids is 1. The summed E-state index contributed by atoms with van der Waals surface area (Å²) < 4.78 is 5.39. The molecule has 1 aromatic heterocycles. The molecule has 0 amide bonds. The van der Waals surface area contributed by atoms with Crippen LogP contribution < -0.4 is 10.5 Å². The molecular weight excluding hydrogens is 291 g/mol. The fraction of sp³-hybridized carbons (Fsp3) is 0. The number of rotatable bonds is 3. The molecule has 0 saturated carbocycles. The summed E-state index contributed by atoms with van der Waals surface area (Å²) in [4.78, 5) is 14.8. The number of halogens is 2. The number of aromatic carboxylic acids is 1. The molecule has 0 unspecified atom stereocenters. The first kappa shape index (κ1) is 13.5. The second kappa shape index (κ2) is 5.34. The van der Waals surface area contributed by atoms with Crippen molar-refractivity contribution in [1.29, 1.82) is 0 Å². The summed E-state index contributed by atoms with van der Waals surface area (Å²) in [6.45, 7) is 0. The highest BCUT2D eigenvalue weighted by Gasteiger charge is 2.11. The molecule has 0 spiro atoms. The Bertz CT molecular complexity index is 627. The van der Waals surface area contributed by atoms with Crippen molar-refractivity contribution in [3.8, 4) is 11.6 Å². The van der Waals surface area contributed by atoms with Crippen molar-refractivity contribution in [3.05, 3.63) is 46.1 Å². The Morgan fingerprint density at radius 1 is 1.21 bits per heavy atom. The number of carboxylic acid groups (broad SMARTS) is 1. The van der Waals surface area contributed by atoms with Crippen LogP contribution in [-0.2, 0) is 0 Å². The summed E-state index contributed by atoms with van der Waals surface area (Å²) >= 11 is 11.6. The minimum atomic E-state index is -1.16. The number of ether oxygens (including phenoxy) is 1. The van der Waals surface area contributed by atoms with Crippen molar-refractivity contribution in [3.63, 3.8) is 0 Å². The van der Waals surface area contributed by atoms with Gasteiger partial charge >= 0.3 is 5.97 Å². The fourth-order valence-corrected chi connectivity index (χ4v) is 1.90. The van der Waals surface area contributed by atoms with E-state index in [1.165, 1.54) is 24.4 Å². The zero-order valence-electron chi connectivity index (χ0n) is 9.43. The largest absolute Gasteiger partial charge is 0.478 e. The van der Waals surface area contributed by atoms with E-state index in [0.717, 1.165) is 0 Å². The van der Waals surface area contributed by atoms with E-state index < -0.39 is 5.97 Å². The van der Waals surface area contributed by atoms with Gasteiger partial charge in [0.15, 0.2) is 0 Å². The lowest BCUT2D eigenvalue weighted by atomic mass is 10.2. The first-order valence-corrected chi connectivity index (χ1v) is 5.84. The van der Waals surface area contributed by atoms with Crippen LogP contribution in [-0.4, -0.2) is 16.1 Å². The minimum Gasteiger partial charge on any atom is -0.478 e. The van der Waals surface area contributed by atoms with Crippen molar-refractivity contribution in [2.24, 2.45) is 0 Å². The van der Waals surface area contributed by atoms with E-state index in [4.69, 9.17) is 38.8 Å². The molecular formula is C12H8Cl2N2O3. The maximum atomic E-state index is 10.9. The van der Waals surface area contributed by atoms with Crippen LogP contribution in [0.2, 0.25) is 10.0 Å². The number of nitrogens with two attached hydrogens (primary N) is 1. The average Bonchev–Trinajstić information content (AvgIpc) is 2.30. The summed E-state index contributed by atoms with van der Waals surface area (Å²) in [6, 6.07) is 5.85. The highest BCUT2D eigenvalue weighted by atomic mass is 35.5. The van der Waals surface area contributed by atoms with E-state index in [2.05, 4.69) is 4.98 Å². The second-order valence-corrected chi connectivity index (χ2v) is 4.50. The molecule has 0 radical (unpaired) electrons. The van der Waals surface area contributed by atoms with Gasteiger partial charge in [0.05, 0.1) is 17.4 Å². The van der Waals surface area contributed by atoms with Crippen molar-refractivity contribution >= 4 is 34.9 Å². The molecule has 1 aromatic carbocycles. The zero-order valence-corrected chi connectivity index (χ0v) is 10.9. The molecule has 1 heterocycles. The number of hydrogen-bond donors (Lipinski definition) is 2. The summed E-state index contributed by atoms with van der Waals surface area (Å²) in [7, 11) is 0. The highest BCUT2D eigenvalue weighted by molar-refractivity contribution is 6.34. The molecule has 0 aliphatic rings. The van der Waals surface area contributed by atoms with Gasteiger partial charge in [0.1, 0.15) is 5.75 Å². The molecule has 5 nitrogen and oxygen atoms in total. The second-order valence-electron chi connectivity index (χ2n) is 3.62. The number of carbonyl (C=O) groups is 1. The third kappa shape index (κ3) is 3.27. The van der Waals surface area contributed by atoms with E-state index in [0.29, 0.717) is 15.8 Å². The highest BCUT2D eigenvalue weighted by Crippen LogP contribution is 2.28. The molecule has 19 heavy (non-hydrogen) atoms. The van der Waals surface area contributed by atoms with Crippen molar-refractivity contribution in [2.75, 3.05) is 5.73 Å².